The SMILES string of the molecule is CC(C)(C)OC(=O)NC(Cc1ccc(Cl)cc1)c1nc2ccc(-c3ccncc3)cc2[nH]1. The van der Waals surface area contributed by atoms with Crippen LogP contribution < -0.4 is 5.32 Å². The Morgan fingerprint density at radius 2 is 1.78 bits per heavy atom. The molecule has 1 unspecified atom stereocenters. The van der Waals surface area contributed by atoms with Crippen molar-refractivity contribution >= 4 is 28.7 Å². The molecule has 0 radical (unpaired) electrons. The van der Waals surface area contributed by atoms with E-state index in [1.807, 2.05) is 75.4 Å². The first-order chi connectivity index (χ1) is 15.3. The number of hydrogen-bond acceptors (Lipinski definition) is 4. The normalized spacial score (nSPS) is 12.5. The fourth-order valence-corrected chi connectivity index (χ4v) is 3.57. The summed E-state index contributed by atoms with van der Waals surface area (Å²) in [5, 5.41) is 3.63. The molecule has 1 amide bonds. The zero-order valence-corrected chi connectivity index (χ0v) is 19.0. The van der Waals surface area contributed by atoms with E-state index in [0.29, 0.717) is 17.3 Å². The minimum Gasteiger partial charge on any atom is -0.444 e. The molecule has 32 heavy (non-hydrogen) atoms. The predicted octanol–water partition coefficient (Wildman–Crippen LogP) is 6.09. The molecule has 2 aromatic carbocycles. The van der Waals surface area contributed by atoms with Gasteiger partial charge in [0.15, 0.2) is 0 Å². The lowest BCUT2D eigenvalue weighted by molar-refractivity contribution is 0.0501. The summed E-state index contributed by atoms with van der Waals surface area (Å²) in [6, 6.07) is 17.1. The van der Waals surface area contributed by atoms with Crippen LogP contribution in [-0.4, -0.2) is 26.6 Å². The molecule has 2 aromatic heterocycles. The van der Waals surface area contributed by atoms with Gasteiger partial charge in [-0.25, -0.2) is 9.78 Å². The molecule has 0 aliphatic rings. The highest BCUT2D eigenvalue weighted by atomic mass is 35.5. The maximum absolute atomic E-state index is 12.5. The number of halogens is 1. The van der Waals surface area contributed by atoms with Crippen LogP contribution in [0.25, 0.3) is 22.2 Å². The maximum atomic E-state index is 12.5. The van der Waals surface area contributed by atoms with Crippen molar-refractivity contribution in [2.45, 2.75) is 38.8 Å². The van der Waals surface area contributed by atoms with Gasteiger partial charge >= 0.3 is 6.09 Å². The Morgan fingerprint density at radius 1 is 1.06 bits per heavy atom. The monoisotopic (exact) mass is 448 g/mol. The summed E-state index contributed by atoms with van der Waals surface area (Å²) >= 11 is 6.03. The molecule has 0 saturated heterocycles. The molecule has 2 N–H and O–H groups in total. The average molecular weight is 449 g/mol. The molecule has 7 heteroatoms. The van der Waals surface area contributed by atoms with Crippen molar-refractivity contribution in [1.29, 1.82) is 0 Å². The van der Waals surface area contributed by atoms with Crippen LogP contribution in [-0.2, 0) is 11.2 Å². The molecule has 0 spiro atoms. The number of nitrogens with one attached hydrogen (secondary N) is 2. The highest BCUT2D eigenvalue weighted by Crippen LogP contribution is 2.26. The molecule has 0 fully saturated rings. The lowest BCUT2D eigenvalue weighted by atomic mass is 10.1. The van der Waals surface area contributed by atoms with E-state index in [9.17, 15) is 4.79 Å². The molecule has 164 valence electrons. The van der Waals surface area contributed by atoms with E-state index >= 15 is 0 Å². The van der Waals surface area contributed by atoms with Gasteiger partial charge in [0.1, 0.15) is 11.4 Å². The summed E-state index contributed by atoms with van der Waals surface area (Å²) < 4.78 is 5.48. The van der Waals surface area contributed by atoms with Crippen molar-refractivity contribution in [3.63, 3.8) is 0 Å². The molecule has 2 heterocycles. The Bertz CT molecular complexity index is 1210. The number of imidazole rings is 1. The summed E-state index contributed by atoms with van der Waals surface area (Å²) in [6.07, 6.45) is 3.58. The average Bonchev–Trinajstić information content (AvgIpc) is 3.17. The number of pyridine rings is 1. The molecular weight excluding hydrogens is 424 g/mol. The van der Waals surface area contributed by atoms with E-state index < -0.39 is 17.7 Å². The van der Waals surface area contributed by atoms with Crippen molar-refractivity contribution in [3.05, 3.63) is 83.4 Å². The van der Waals surface area contributed by atoms with Gasteiger partial charge < -0.3 is 15.0 Å². The summed E-state index contributed by atoms with van der Waals surface area (Å²) in [7, 11) is 0. The Kier molecular flexibility index (Phi) is 6.15. The minimum absolute atomic E-state index is 0.400. The quantitative estimate of drug-likeness (QED) is 0.387. The Balaban J connectivity index is 1.65. The largest absolute Gasteiger partial charge is 0.444 e. The van der Waals surface area contributed by atoms with Crippen LogP contribution in [0.15, 0.2) is 67.0 Å². The first-order valence-electron chi connectivity index (χ1n) is 10.4. The maximum Gasteiger partial charge on any atom is 0.408 e. The third-order valence-corrected chi connectivity index (χ3v) is 5.14. The Morgan fingerprint density at radius 3 is 2.47 bits per heavy atom. The van der Waals surface area contributed by atoms with Crippen LogP contribution >= 0.6 is 11.6 Å². The van der Waals surface area contributed by atoms with Crippen molar-refractivity contribution < 1.29 is 9.53 Å². The predicted molar refractivity (Wildman–Crippen MR) is 127 cm³/mol. The topological polar surface area (TPSA) is 79.9 Å². The van der Waals surface area contributed by atoms with E-state index in [-0.39, 0.29) is 0 Å². The molecule has 0 bridgehead atoms. The standard InChI is InChI=1S/C25H25ClN4O2/c1-25(2,3)32-24(31)30-22(14-16-4-7-19(26)8-5-16)23-28-20-9-6-18(15-21(20)29-23)17-10-12-27-13-11-17/h4-13,15,22H,14H2,1-3H3,(H,28,29)(H,30,31). The summed E-state index contributed by atoms with van der Waals surface area (Å²) in [4.78, 5) is 24.7. The van der Waals surface area contributed by atoms with Crippen LogP contribution in [0, 0.1) is 0 Å². The van der Waals surface area contributed by atoms with Gasteiger partial charge in [-0.15, -0.1) is 0 Å². The van der Waals surface area contributed by atoms with E-state index in [2.05, 4.69) is 15.3 Å². The van der Waals surface area contributed by atoms with Gasteiger partial charge in [-0.1, -0.05) is 29.8 Å². The molecule has 4 aromatic rings. The number of carbonyl (C=O) groups is 1. The number of rotatable bonds is 5. The Labute approximate surface area is 192 Å². The lowest BCUT2D eigenvalue weighted by Crippen LogP contribution is -2.36. The highest BCUT2D eigenvalue weighted by Gasteiger charge is 2.23. The van der Waals surface area contributed by atoms with E-state index in [4.69, 9.17) is 21.3 Å². The zero-order valence-electron chi connectivity index (χ0n) is 18.2. The van der Waals surface area contributed by atoms with E-state index in [0.717, 1.165) is 27.7 Å². The van der Waals surface area contributed by atoms with Gasteiger partial charge in [0.05, 0.1) is 17.1 Å². The first-order valence-corrected chi connectivity index (χ1v) is 10.8. The third kappa shape index (κ3) is 5.45. The van der Waals surface area contributed by atoms with Crippen LogP contribution in [0.4, 0.5) is 4.79 Å². The van der Waals surface area contributed by atoms with Gasteiger partial charge in [0, 0.05) is 23.8 Å². The smallest absolute Gasteiger partial charge is 0.408 e. The third-order valence-electron chi connectivity index (χ3n) is 4.89. The molecule has 0 saturated carbocycles. The molecular formula is C25H25ClN4O2. The molecule has 0 aliphatic heterocycles. The van der Waals surface area contributed by atoms with Gasteiger partial charge in [0.25, 0.3) is 0 Å². The highest BCUT2D eigenvalue weighted by molar-refractivity contribution is 6.30. The van der Waals surface area contributed by atoms with Crippen molar-refractivity contribution in [2.24, 2.45) is 0 Å². The van der Waals surface area contributed by atoms with Gasteiger partial charge in [-0.05, 0) is 73.9 Å². The number of aromatic amines is 1. The van der Waals surface area contributed by atoms with Crippen molar-refractivity contribution in [2.75, 3.05) is 0 Å². The second-order valence-electron chi connectivity index (χ2n) is 8.62. The molecule has 4 rings (SSSR count). The minimum atomic E-state index is -0.595. The molecule has 0 aliphatic carbocycles. The van der Waals surface area contributed by atoms with Gasteiger partial charge in [-0.3, -0.25) is 4.98 Å². The fraction of sp³-hybridized carbons (Fsp3) is 0.240. The van der Waals surface area contributed by atoms with Crippen molar-refractivity contribution in [3.8, 4) is 11.1 Å². The number of alkyl carbamates (subject to hydrolysis) is 1. The van der Waals surface area contributed by atoms with E-state index in [1.165, 1.54) is 0 Å². The van der Waals surface area contributed by atoms with E-state index in [1.54, 1.807) is 12.4 Å². The summed E-state index contributed by atoms with van der Waals surface area (Å²) in [5.41, 5.74) is 4.27. The van der Waals surface area contributed by atoms with Crippen LogP contribution in [0.3, 0.4) is 0 Å². The number of H-pyrrole nitrogens is 1. The number of hydrogen-bond donors (Lipinski definition) is 2. The Hall–Kier alpha value is -3.38. The molecule has 6 nitrogen and oxygen atoms in total. The van der Waals surface area contributed by atoms with Crippen LogP contribution in [0.1, 0.15) is 38.2 Å². The fourth-order valence-electron chi connectivity index (χ4n) is 3.44. The number of amides is 1. The number of aromatic nitrogens is 3. The first kappa shape index (κ1) is 21.8. The second kappa shape index (κ2) is 9.01. The van der Waals surface area contributed by atoms with Crippen LogP contribution in [0.5, 0.6) is 0 Å². The number of nitrogens with zero attached hydrogens (tertiary/aromatic N) is 2. The molecule has 1 atom stereocenters. The number of benzene rings is 2. The van der Waals surface area contributed by atoms with Crippen molar-refractivity contribution in [1.82, 2.24) is 20.3 Å². The van der Waals surface area contributed by atoms with Gasteiger partial charge in [-0.2, -0.15) is 0 Å². The summed E-state index contributed by atoms with van der Waals surface area (Å²) in [5.74, 6) is 0.660. The number of fused-ring (bicyclic) bond motifs is 1. The number of ether oxygens (including phenoxy) is 1. The van der Waals surface area contributed by atoms with Crippen LogP contribution in [0.2, 0.25) is 5.02 Å². The summed E-state index contributed by atoms with van der Waals surface area (Å²) in [6.45, 7) is 5.51. The second-order valence-corrected chi connectivity index (χ2v) is 9.06. The van der Waals surface area contributed by atoms with Gasteiger partial charge in [0.2, 0.25) is 0 Å². The zero-order chi connectivity index (χ0) is 22.7. The number of carbonyl (C=O) groups excluding carboxylic acids is 1. The lowest BCUT2D eigenvalue weighted by Gasteiger charge is -2.23.